The number of carbonyl (C=O) groups excluding carboxylic acids is 1. The van der Waals surface area contributed by atoms with Crippen molar-refractivity contribution in [1.82, 2.24) is 4.90 Å². The molecule has 1 aliphatic rings. The summed E-state index contributed by atoms with van der Waals surface area (Å²) in [5, 5.41) is 13.1. The van der Waals surface area contributed by atoms with Crippen molar-refractivity contribution in [1.29, 1.82) is 0 Å². The van der Waals surface area contributed by atoms with Crippen LogP contribution in [0, 0.1) is 13.8 Å². The Morgan fingerprint density at radius 2 is 1.95 bits per heavy atom. The van der Waals surface area contributed by atoms with E-state index >= 15 is 0 Å². The van der Waals surface area contributed by atoms with Crippen LogP contribution >= 0.6 is 0 Å². The maximum Gasteiger partial charge on any atom is 0.238 e. The third kappa shape index (κ3) is 4.55. The van der Waals surface area contributed by atoms with Crippen molar-refractivity contribution >= 4 is 11.6 Å². The molecule has 0 spiro atoms. The van der Waals surface area contributed by atoms with E-state index in [9.17, 15) is 9.90 Å². The van der Waals surface area contributed by atoms with E-state index in [1.807, 2.05) is 39.0 Å². The maximum absolute atomic E-state index is 12.2. The van der Waals surface area contributed by atoms with Gasteiger partial charge in [-0.2, -0.15) is 0 Å². The molecule has 116 valence electrons. The monoisotopic (exact) mass is 290 g/mol. The number of rotatable bonds is 3. The highest BCUT2D eigenvalue weighted by atomic mass is 16.3. The van der Waals surface area contributed by atoms with Gasteiger partial charge >= 0.3 is 0 Å². The van der Waals surface area contributed by atoms with Crippen molar-refractivity contribution in [2.75, 3.05) is 25.0 Å². The van der Waals surface area contributed by atoms with Crippen LogP contribution in [0.3, 0.4) is 0 Å². The predicted octanol–water partition coefficient (Wildman–Crippen LogP) is 2.48. The summed E-state index contributed by atoms with van der Waals surface area (Å²) in [6, 6.07) is 6.01. The second-order valence-corrected chi connectivity index (χ2v) is 6.44. The summed E-state index contributed by atoms with van der Waals surface area (Å²) in [5.41, 5.74) is 2.51. The maximum atomic E-state index is 12.2. The smallest absolute Gasteiger partial charge is 0.238 e. The quantitative estimate of drug-likeness (QED) is 0.899. The topological polar surface area (TPSA) is 52.6 Å². The van der Waals surface area contributed by atoms with Crippen molar-refractivity contribution in [3.8, 4) is 0 Å². The number of aliphatic hydroxyl groups is 1. The lowest BCUT2D eigenvalue weighted by Gasteiger charge is -2.22. The highest BCUT2D eigenvalue weighted by Crippen LogP contribution is 2.22. The van der Waals surface area contributed by atoms with Crippen LogP contribution in [0.2, 0.25) is 0 Å². The SMILES string of the molecule is Cc1cccc(C)c1NC(=O)CN1CCCC(C)(O)CC1. The average Bonchev–Trinajstić information content (AvgIpc) is 2.56. The number of likely N-dealkylation sites (tertiary alicyclic amines) is 1. The van der Waals surface area contributed by atoms with Crippen LogP contribution < -0.4 is 5.32 Å². The molecule has 1 fully saturated rings. The van der Waals surface area contributed by atoms with Crippen LogP contribution in [-0.2, 0) is 4.79 Å². The number of hydrogen-bond acceptors (Lipinski definition) is 3. The average molecular weight is 290 g/mol. The second-order valence-electron chi connectivity index (χ2n) is 6.44. The summed E-state index contributed by atoms with van der Waals surface area (Å²) in [6.45, 7) is 7.93. The Hall–Kier alpha value is -1.39. The van der Waals surface area contributed by atoms with E-state index in [0.717, 1.165) is 49.2 Å². The molecule has 2 rings (SSSR count). The lowest BCUT2D eigenvalue weighted by Crippen LogP contribution is -2.35. The first-order valence-corrected chi connectivity index (χ1v) is 7.68. The van der Waals surface area contributed by atoms with Gasteiger partial charge in [0.15, 0.2) is 0 Å². The lowest BCUT2D eigenvalue weighted by atomic mass is 9.98. The van der Waals surface area contributed by atoms with E-state index in [1.165, 1.54) is 0 Å². The first-order chi connectivity index (χ1) is 9.87. The number of nitrogens with zero attached hydrogens (tertiary/aromatic N) is 1. The number of nitrogens with one attached hydrogen (secondary N) is 1. The number of para-hydroxylation sites is 1. The van der Waals surface area contributed by atoms with Gasteiger partial charge < -0.3 is 10.4 Å². The Kier molecular flexibility index (Phi) is 5.01. The fourth-order valence-corrected chi connectivity index (χ4v) is 2.87. The molecule has 0 bridgehead atoms. The number of hydrogen-bond donors (Lipinski definition) is 2. The molecule has 1 atom stereocenters. The summed E-state index contributed by atoms with van der Waals surface area (Å²) < 4.78 is 0. The minimum atomic E-state index is -0.585. The van der Waals surface area contributed by atoms with Gasteiger partial charge in [-0.25, -0.2) is 0 Å². The number of carbonyl (C=O) groups is 1. The molecule has 1 aromatic carbocycles. The van der Waals surface area contributed by atoms with E-state index in [1.54, 1.807) is 0 Å². The number of benzene rings is 1. The van der Waals surface area contributed by atoms with Crippen LogP contribution in [0.1, 0.15) is 37.3 Å². The number of aryl methyl sites for hydroxylation is 2. The Morgan fingerprint density at radius 3 is 2.62 bits per heavy atom. The molecule has 0 aliphatic carbocycles. The summed E-state index contributed by atoms with van der Waals surface area (Å²) in [7, 11) is 0. The Labute approximate surface area is 127 Å². The van der Waals surface area contributed by atoms with Crippen LogP contribution in [0.5, 0.6) is 0 Å². The molecule has 0 radical (unpaired) electrons. The van der Waals surface area contributed by atoms with Crippen molar-refractivity contribution in [2.45, 2.75) is 45.6 Å². The van der Waals surface area contributed by atoms with Crippen molar-refractivity contribution in [2.24, 2.45) is 0 Å². The molecule has 1 unspecified atom stereocenters. The molecule has 4 nitrogen and oxygen atoms in total. The van der Waals surface area contributed by atoms with Gasteiger partial charge in [-0.3, -0.25) is 9.69 Å². The van der Waals surface area contributed by atoms with Crippen LogP contribution in [-0.4, -0.2) is 41.1 Å². The molecular formula is C17H26N2O2. The fraction of sp³-hybridized carbons (Fsp3) is 0.588. The third-order valence-corrected chi connectivity index (χ3v) is 4.27. The Bertz CT molecular complexity index is 491. The summed E-state index contributed by atoms with van der Waals surface area (Å²) in [4.78, 5) is 14.4. The van der Waals surface area contributed by atoms with Gasteiger partial charge in [0.25, 0.3) is 0 Å². The van der Waals surface area contributed by atoms with Crippen LogP contribution in [0.4, 0.5) is 5.69 Å². The third-order valence-electron chi connectivity index (χ3n) is 4.27. The summed E-state index contributed by atoms with van der Waals surface area (Å²) >= 11 is 0. The van der Waals surface area contributed by atoms with E-state index in [-0.39, 0.29) is 5.91 Å². The van der Waals surface area contributed by atoms with Crippen LogP contribution in [0.15, 0.2) is 18.2 Å². The molecular weight excluding hydrogens is 264 g/mol. The zero-order valence-electron chi connectivity index (χ0n) is 13.3. The molecule has 0 saturated carbocycles. The van der Waals surface area contributed by atoms with Crippen molar-refractivity contribution in [3.63, 3.8) is 0 Å². The second kappa shape index (κ2) is 6.58. The molecule has 21 heavy (non-hydrogen) atoms. The molecule has 1 amide bonds. The van der Waals surface area contributed by atoms with Gasteiger partial charge in [-0.15, -0.1) is 0 Å². The summed E-state index contributed by atoms with van der Waals surface area (Å²) in [6.07, 6.45) is 2.47. The highest BCUT2D eigenvalue weighted by molar-refractivity contribution is 5.93. The first-order valence-electron chi connectivity index (χ1n) is 7.68. The molecule has 1 saturated heterocycles. The van der Waals surface area contributed by atoms with E-state index < -0.39 is 5.60 Å². The Balaban J connectivity index is 1.93. The highest BCUT2D eigenvalue weighted by Gasteiger charge is 2.25. The molecule has 0 aromatic heterocycles. The van der Waals surface area contributed by atoms with Gasteiger partial charge in [0.05, 0.1) is 12.1 Å². The summed E-state index contributed by atoms with van der Waals surface area (Å²) in [5.74, 6) is 0.0222. The van der Waals surface area contributed by atoms with Gasteiger partial charge in [-0.1, -0.05) is 18.2 Å². The van der Waals surface area contributed by atoms with Crippen LogP contribution in [0.25, 0.3) is 0 Å². The lowest BCUT2D eigenvalue weighted by molar-refractivity contribution is -0.117. The minimum Gasteiger partial charge on any atom is -0.390 e. The van der Waals surface area contributed by atoms with E-state index in [0.29, 0.717) is 6.54 Å². The molecule has 1 heterocycles. The minimum absolute atomic E-state index is 0.0222. The molecule has 1 aliphatic heterocycles. The molecule has 1 aromatic rings. The fourth-order valence-electron chi connectivity index (χ4n) is 2.87. The Morgan fingerprint density at radius 1 is 1.29 bits per heavy atom. The normalized spacial score (nSPS) is 23.6. The standard InChI is InChI=1S/C17H26N2O2/c1-13-6-4-7-14(2)16(13)18-15(20)12-19-10-5-8-17(3,21)9-11-19/h4,6-7,21H,5,8-12H2,1-3H3,(H,18,20). The van der Waals surface area contributed by atoms with E-state index in [2.05, 4.69) is 10.2 Å². The number of anilines is 1. The zero-order valence-corrected chi connectivity index (χ0v) is 13.3. The predicted molar refractivity (Wildman–Crippen MR) is 85.5 cm³/mol. The van der Waals surface area contributed by atoms with Gasteiger partial charge in [0.2, 0.25) is 5.91 Å². The van der Waals surface area contributed by atoms with Gasteiger partial charge in [-0.05, 0) is 57.7 Å². The van der Waals surface area contributed by atoms with E-state index in [4.69, 9.17) is 0 Å². The first kappa shape index (κ1) is 16.0. The van der Waals surface area contributed by atoms with Crippen molar-refractivity contribution < 1.29 is 9.90 Å². The molecule has 2 N–H and O–H groups in total. The largest absolute Gasteiger partial charge is 0.390 e. The zero-order chi connectivity index (χ0) is 15.5. The van der Waals surface area contributed by atoms with Crippen molar-refractivity contribution in [3.05, 3.63) is 29.3 Å². The van der Waals surface area contributed by atoms with Gasteiger partial charge in [0, 0.05) is 12.2 Å². The van der Waals surface area contributed by atoms with Gasteiger partial charge in [0.1, 0.15) is 0 Å². The number of amides is 1. The molecule has 4 heteroatoms.